The largest absolute Gasteiger partial charge is 0.458 e. The Hall–Kier alpha value is -1.36. The van der Waals surface area contributed by atoms with Crippen LogP contribution in [0.2, 0.25) is 0 Å². The fourth-order valence-corrected chi connectivity index (χ4v) is 9.98. The molecule has 4 saturated carbocycles. The Balaban J connectivity index is 1.21. The van der Waals surface area contributed by atoms with Crippen LogP contribution in [0.15, 0.2) is 11.6 Å². The molecule has 0 aromatic heterocycles. The standard InChI is InChI=1S/C30H44O9/c1-17-26(33)23(36-3)13-25(38-17)39-19-4-9-28(16-31)21-5-8-27(2)20(18-12-24(32)37-15-18)7-11-30(27,35)22(21)6-10-29(28,34)14-19/h12,16-17,19-23,25-26,33-35H,4-11,13-15H2,1-3H3/t17-,19+,20-,21-,22-,23+,25+,26-,27-,28+,29?,30?/m1/s1. The minimum Gasteiger partial charge on any atom is -0.458 e. The molecule has 5 fully saturated rings. The minimum atomic E-state index is -1.21. The second kappa shape index (κ2) is 9.60. The van der Waals surface area contributed by atoms with Gasteiger partial charge >= 0.3 is 5.97 Å². The maximum atomic E-state index is 13.0. The monoisotopic (exact) mass is 548 g/mol. The van der Waals surface area contributed by atoms with Crippen molar-refractivity contribution < 1.29 is 43.9 Å². The molecule has 218 valence electrons. The molecule has 0 radical (unpaired) electrons. The van der Waals surface area contributed by atoms with Gasteiger partial charge in [-0.1, -0.05) is 6.92 Å². The van der Waals surface area contributed by atoms with E-state index in [9.17, 15) is 24.9 Å². The number of aliphatic hydroxyl groups is 3. The third kappa shape index (κ3) is 3.94. The highest BCUT2D eigenvalue weighted by atomic mass is 16.7. The average molecular weight is 549 g/mol. The number of methoxy groups -OCH3 is 1. The summed E-state index contributed by atoms with van der Waals surface area (Å²) in [6.45, 7) is 4.25. The topological polar surface area (TPSA) is 132 Å². The van der Waals surface area contributed by atoms with Gasteiger partial charge in [-0.15, -0.1) is 0 Å². The molecule has 4 aliphatic carbocycles. The van der Waals surface area contributed by atoms with Crippen molar-refractivity contribution in [3.63, 3.8) is 0 Å². The van der Waals surface area contributed by atoms with Crippen LogP contribution in [0.3, 0.4) is 0 Å². The van der Waals surface area contributed by atoms with Crippen LogP contribution in [-0.4, -0.2) is 83.2 Å². The highest BCUT2D eigenvalue weighted by Gasteiger charge is 2.71. The molecule has 0 spiro atoms. The maximum absolute atomic E-state index is 13.0. The van der Waals surface area contributed by atoms with Gasteiger partial charge in [0.1, 0.15) is 19.0 Å². The van der Waals surface area contributed by atoms with Crippen molar-refractivity contribution in [3.05, 3.63) is 11.6 Å². The summed E-state index contributed by atoms with van der Waals surface area (Å²) in [6.07, 6.45) is 6.10. The van der Waals surface area contributed by atoms with E-state index in [1.165, 1.54) is 0 Å². The zero-order chi connectivity index (χ0) is 27.8. The average Bonchev–Trinajstić information content (AvgIpc) is 3.45. The second-order valence-corrected chi connectivity index (χ2v) is 13.5. The molecular weight excluding hydrogens is 504 g/mol. The highest BCUT2D eigenvalue weighted by molar-refractivity contribution is 5.85. The first-order valence-electron chi connectivity index (χ1n) is 14.8. The van der Waals surface area contributed by atoms with E-state index in [4.69, 9.17) is 18.9 Å². The number of rotatable bonds is 5. The Labute approximate surface area is 230 Å². The van der Waals surface area contributed by atoms with E-state index < -0.39 is 40.5 Å². The number of cyclic esters (lactones) is 1. The van der Waals surface area contributed by atoms with Crippen LogP contribution in [0.5, 0.6) is 0 Å². The van der Waals surface area contributed by atoms with Crippen LogP contribution in [-0.2, 0) is 28.5 Å². The molecular formula is C30H44O9. The molecule has 0 amide bonds. The third-order valence-corrected chi connectivity index (χ3v) is 12.1. The van der Waals surface area contributed by atoms with E-state index in [1.807, 2.05) is 0 Å². The van der Waals surface area contributed by atoms with Crippen molar-refractivity contribution in [1.29, 1.82) is 0 Å². The molecule has 0 bridgehead atoms. The summed E-state index contributed by atoms with van der Waals surface area (Å²) in [5.41, 5.74) is -2.52. The second-order valence-electron chi connectivity index (χ2n) is 13.5. The predicted molar refractivity (Wildman–Crippen MR) is 138 cm³/mol. The van der Waals surface area contributed by atoms with Gasteiger partial charge in [0.25, 0.3) is 0 Å². The minimum absolute atomic E-state index is 0.0827. The molecule has 9 nitrogen and oxygen atoms in total. The zero-order valence-electron chi connectivity index (χ0n) is 23.3. The molecule has 1 saturated heterocycles. The van der Waals surface area contributed by atoms with Crippen molar-refractivity contribution in [2.75, 3.05) is 13.7 Å². The number of hydrogen-bond acceptors (Lipinski definition) is 9. The summed E-state index contributed by atoms with van der Waals surface area (Å²) in [6, 6.07) is 0. The summed E-state index contributed by atoms with van der Waals surface area (Å²) < 4.78 is 22.9. The van der Waals surface area contributed by atoms with E-state index in [-0.39, 0.29) is 35.9 Å². The van der Waals surface area contributed by atoms with Crippen LogP contribution in [0.4, 0.5) is 0 Å². The van der Waals surface area contributed by atoms with Crippen molar-refractivity contribution in [2.24, 2.45) is 28.6 Å². The summed E-state index contributed by atoms with van der Waals surface area (Å²) in [5, 5.41) is 34.8. The lowest BCUT2D eigenvalue weighted by atomic mass is 9.41. The Morgan fingerprint density at radius 2 is 1.85 bits per heavy atom. The van der Waals surface area contributed by atoms with Crippen molar-refractivity contribution >= 4 is 12.3 Å². The fraction of sp³-hybridized carbons (Fsp3) is 0.867. The van der Waals surface area contributed by atoms with Gasteiger partial charge in [-0.05, 0) is 81.6 Å². The van der Waals surface area contributed by atoms with Crippen LogP contribution < -0.4 is 0 Å². The summed E-state index contributed by atoms with van der Waals surface area (Å²) in [7, 11) is 1.57. The summed E-state index contributed by atoms with van der Waals surface area (Å²) in [5.74, 6) is -0.420. The van der Waals surface area contributed by atoms with Gasteiger partial charge in [0, 0.05) is 31.4 Å². The van der Waals surface area contributed by atoms with Gasteiger partial charge in [-0.25, -0.2) is 4.79 Å². The third-order valence-electron chi connectivity index (χ3n) is 12.1. The fourth-order valence-electron chi connectivity index (χ4n) is 9.98. The van der Waals surface area contributed by atoms with Crippen LogP contribution in [0.25, 0.3) is 0 Å². The van der Waals surface area contributed by atoms with Gasteiger partial charge in [-0.3, -0.25) is 0 Å². The van der Waals surface area contributed by atoms with Crippen LogP contribution >= 0.6 is 0 Å². The van der Waals surface area contributed by atoms with E-state index in [0.29, 0.717) is 51.6 Å². The molecule has 2 heterocycles. The normalized spacial score (nSPS) is 53.3. The van der Waals surface area contributed by atoms with E-state index >= 15 is 0 Å². The number of carbonyl (C=O) groups is 2. The number of esters is 1. The van der Waals surface area contributed by atoms with E-state index in [0.717, 1.165) is 31.1 Å². The van der Waals surface area contributed by atoms with Crippen LogP contribution in [0.1, 0.15) is 78.1 Å². The van der Waals surface area contributed by atoms with Crippen molar-refractivity contribution in [2.45, 2.75) is 120 Å². The summed E-state index contributed by atoms with van der Waals surface area (Å²) in [4.78, 5) is 24.8. The molecule has 0 aromatic rings. The Bertz CT molecular complexity index is 1030. The highest BCUT2D eigenvalue weighted by Crippen LogP contribution is 2.70. The van der Waals surface area contributed by atoms with Gasteiger partial charge < -0.3 is 39.1 Å². The molecule has 39 heavy (non-hydrogen) atoms. The Morgan fingerprint density at radius 3 is 2.54 bits per heavy atom. The molecule has 6 aliphatic rings. The number of ether oxygens (including phenoxy) is 4. The first-order valence-corrected chi connectivity index (χ1v) is 14.8. The Morgan fingerprint density at radius 1 is 1.08 bits per heavy atom. The smallest absolute Gasteiger partial charge is 0.331 e. The number of fused-ring (bicyclic) bond motifs is 5. The first kappa shape index (κ1) is 27.8. The Kier molecular flexibility index (Phi) is 6.84. The number of aldehydes is 1. The number of carbonyl (C=O) groups excluding carboxylic acids is 2. The van der Waals surface area contributed by atoms with Gasteiger partial charge in [-0.2, -0.15) is 0 Å². The number of hydrogen-bond donors (Lipinski definition) is 3. The molecule has 2 aliphatic heterocycles. The van der Waals surface area contributed by atoms with E-state index in [1.54, 1.807) is 20.1 Å². The first-order chi connectivity index (χ1) is 18.5. The lowest BCUT2D eigenvalue weighted by Crippen LogP contribution is -2.69. The van der Waals surface area contributed by atoms with Gasteiger partial charge in [0.2, 0.25) is 0 Å². The van der Waals surface area contributed by atoms with Gasteiger partial charge in [0.15, 0.2) is 6.29 Å². The molecule has 12 atom stereocenters. The molecule has 0 aromatic carbocycles. The SMILES string of the molecule is CO[C@H]1C[C@H](O[C@H]2CC[C@]3(C=O)[C@@H]4CC[C@]5(C)[C@@H](C6=CC(=O)OC6)CCC5(O)[C@@H]4CCC3(O)C2)O[C@H](C)[C@H]1O. The lowest BCUT2D eigenvalue weighted by Gasteiger charge is -2.65. The molecule has 3 N–H and O–H groups in total. The number of aliphatic hydroxyl groups excluding tert-OH is 1. The predicted octanol–water partition coefficient (Wildman–Crippen LogP) is 2.43. The van der Waals surface area contributed by atoms with Crippen molar-refractivity contribution in [1.82, 2.24) is 0 Å². The zero-order valence-corrected chi connectivity index (χ0v) is 23.3. The quantitative estimate of drug-likeness (QED) is 0.269. The molecule has 2 unspecified atom stereocenters. The lowest BCUT2D eigenvalue weighted by molar-refractivity contribution is -0.287. The van der Waals surface area contributed by atoms with E-state index in [2.05, 4.69) is 6.92 Å². The van der Waals surface area contributed by atoms with Crippen molar-refractivity contribution in [3.8, 4) is 0 Å². The summed E-state index contributed by atoms with van der Waals surface area (Å²) >= 11 is 0. The van der Waals surface area contributed by atoms with Gasteiger partial charge in [0.05, 0.1) is 34.9 Å². The maximum Gasteiger partial charge on any atom is 0.331 e. The molecule has 6 rings (SSSR count). The molecule has 9 heteroatoms. The van der Waals surface area contributed by atoms with Crippen LogP contribution in [0, 0.1) is 28.6 Å².